The van der Waals surface area contributed by atoms with E-state index in [9.17, 15) is 9.50 Å². The highest BCUT2D eigenvalue weighted by Crippen LogP contribution is 2.31. The number of rotatable bonds is 5. The van der Waals surface area contributed by atoms with E-state index in [0.29, 0.717) is 12.0 Å². The molecule has 1 rings (SSSR count). The van der Waals surface area contributed by atoms with Gasteiger partial charge in [-0.1, -0.05) is 32.0 Å². The van der Waals surface area contributed by atoms with Crippen LogP contribution in [0.25, 0.3) is 0 Å². The Labute approximate surface area is 90.9 Å². The van der Waals surface area contributed by atoms with Crippen molar-refractivity contribution >= 4 is 0 Å². The normalized spacial score (nSPS) is 11.7. The number of hydrogen-bond acceptors (Lipinski definition) is 1. The topological polar surface area (TPSA) is 20.2 Å². The fourth-order valence-corrected chi connectivity index (χ4v) is 1.83. The Morgan fingerprint density at radius 2 is 1.80 bits per heavy atom. The predicted molar refractivity (Wildman–Crippen MR) is 60.2 cm³/mol. The fourth-order valence-electron chi connectivity index (χ4n) is 1.83. The first kappa shape index (κ1) is 12.2. The second-order valence-corrected chi connectivity index (χ2v) is 4.13. The number of aliphatic hydroxyl groups excluding tert-OH is 1. The molecule has 1 N–H and O–H groups in total. The van der Waals surface area contributed by atoms with Crippen LogP contribution in [0, 0.1) is 11.2 Å². The van der Waals surface area contributed by atoms with Crippen molar-refractivity contribution in [1.29, 1.82) is 0 Å². The molecule has 0 aliphatic rings. The van der Waals surface area contributed by atoms with E-state index in [2.05, 4.69) is 0 Å². The van der Waals surface area contributed by atoms with Crippen LogP contribution in [-0.4, -0.2) is 11.7 Å². The summed E-state index contributed by atoms with van der Waals surface area (Å²) in [4.78, 5) is 0. The number of halogens is 1. The standard InChI is InChI=1S/C13H19FO/c1-3-13(4-2,10-15)9-11-7-5-6-8-12(11)14/h5-8,15H,3-4,9-10H2,1-2H3. The van der Waals surface area contributed by atoms with Crippen LogP contribution in [0.2, 0.25) is 0 Å². The summed E-state index contributed by atoms with van der Waals surface area (Å²) in [7, 11) is 0. The van der Waals surface area contributed by atoms with E-state index in [1.54, 1.807) is 12.1 Å². The van der Waals surface area contributed by atoms with Gasteiger partial charge in [0.25, 0.3) is 0 Å². The number of benzene rings is 1. The molecule has 84 valence electrons. The molecule has 15 heavy (non-hydrogen) atoms. The lowest BCUT2D eigenvalue weighted by Crippen LogP contribution is -2.27. The lowest BCUT2D eigenvalue weighted by molar-refractivity contribution is 0.114. The fraction of sp³-hybridized carbons (Fsp3) is 0.538. The van der Waals surface area contributed by atoms with Gasteiger partial charge in [-0.3, -0.25) is 0 Å². The van der Waals surface area contributed by atoms with E-state index in [1.165, 1.54) is 6.07 Å². The van der Waals surface area contributed by atoms with Crippen molar-refractivity contribution in [3.05, 3.63) is 35.6 Å². The van der Waals surface area contributed by atoms with Crippen LogP contribution in [0.15, 0.2) is 24.3 Å². The first-order valence-electron chi connectivity index (χ1n) is 5.51. The van der Waals surface area contributed by atoms with Gasteiger partial charge in [-0.2, -0.15) is 0 Å². The minimum Gasteiger partial charge on any atom is -0.396 e. The van der Waals surface area contributed by atoms with Crippen LogP contribution >= 0.6 is 0 Å². The average Bonchev–Trinajstić information content (AvgIpc) is 2.29. The van der Waals surface area contributed by atoms with Gasteiger partial charge >= 0.3 is 0 Å². The van der Waals surface area contributed by atoms with Crippen LogP contribution in [-0.2, 0) is 6.42 Å². The third-order valence-corrected chi connectivity index (χ3v) is 3.36. The molecule has 1 aromatic rings. The van der Waals surface area contributed by atoms with Gasteiger partial charge in [-0.25, -0.2) is 4.39 Å². The van der Waals surface area contributed by atoms with Crippen molar-refractivity contribution in [2.45, 2.75) is 33.1 Å². The van der Waals surface area contributed by atoms with Gasteiger partial charge in [-0.05, 0) is 36.3 Å². The van der Waals surface area contributed by atoms with Crippen molar-refractivity contribution in [3.8, 4) is 0 Å². The highest BCUT2D eigenvalue weighted by Gasteiger charge is 2.26. The summed E-state index contributed by atoms with van der Waals surface area (Å²) >= 11 is 0. The van der Waals surface area contributed by atoms with Gasteiger partial charge in [0, 0.05) is 6.61 Å². The molecule has 0 atom stereocenters. The molecular weight excluding hydrogens is 191 g/mol. The minimum atomic E-state index is -0.169. The van der Waals surface area contributed by atoms with Gasteiger partial charge in [0.05, 0.1) is 0 Å². The summed E-state index contributed by atoms with van der Waals surface area (Å²) in [6, 6.07) is 6.80. The van der Waals surface area contributed by atoms with Gasteiger partial charge in [0.1, 0.15) is 5.82 Å². The second kappa shape index (κ2) is 5.26. The van der Waals surface area contributed by atoms with Crippen LogP contribution in [0.3, 0.4) is 0 Å². The largest absolute Gasteiger partial charge is 0.396 e. The molecule has 0 aliphatic heterocycles. The molecule has 0 amide bonds. The Bertz CT molecular complexity index is 297. The first-order chi connectivity index (χ1) is 7.17. The maximum atomic E-state index is 13.4. The minimum absolute atomic E-state index is 0.119. The lowest BCUT2D eigenvalue weighted by Gasteiger charge is -2.29. The summed E-state index contributed by atoms with van der Waals surface area (Å²) in [5, 5.41) is 9.41. The summed E-state index contributed by atoms with van der Waals surface area (Å²) in [6.45, 7) is 4.20. The third kappa shape index (κ3) is 2.78. The molecule has 0 aromatic heterocycles. The average molecular weight is 210 g/mol. The maximum absolute atomic E-state index is 13.4. The molecule has 0 unspecified atom stereocenters. The summed E-state index contributed by atoms with van der Waals surface area (Å²) in [5.74, 6) is -0.169. The van der Waals surface area contributed by atoms with E-state index in [-0.39, 0.29) is 17.8 Å². The first-order valence-corrected chi connectivity index (χ1v) is 5.51. The molecular formula is C13H19FO. The lowest BCUT2D eigenvalue weighted by atomic mass is 9.77. The van der Waals surface area contributed by atoms with Crippen molar-refractivity contribution < 1.29 is 9.50 Å². The number of hydrogen-bond donors (Lipinski definition) is 1. The molecule has 0 aliphatic carbocycles. The summed E-state index contributed by atoms with van der Waals surface area (Å²) in [5.41, 5.74) is 0.539. The second-order valence-electron chi connectivity index (χ2n) is 4.13. The third-order valence-electron chi connectivity index (χ3n) is 3.36. The predicted octanol–water partition coefficient (Wildman–Crippen LogP) is 3.17. The summed E-state index contributed by atoms with van der Waals surface area (Å²) in [6.07, 6.45) is 2.35. The van der Waals surface area contributed by atoms with Gasteiger partial charge < -0.3 is 5.11 Å². The van der Waals surface area contributed by atoms with E-state index >= 15 is 0 Å². The molecule has 0 heterocycles. The SMILES string of the molecule is CCC(CC)(CO)Cc1ccccc1F. The Kier molecular flexibility index (Phi) is 4.28. The smallest absolute Gasteiger partial charge is 0.126 e. The van der Waals surface area contributed by atoms with E-state index in [0.717, 1.165) is 12.8 Å². The molecule has 1 aromatic carbocycles. The Morgan fingerprint density at radius 1 is 1.20 bits per heavy atom. The molecule has 0 bridgehead atoms. The highest BCUT2D eigenvalue weighted by atomic mass is 19.1. The molecule has 2 heteroatoms. The van der Waals surface area contributed by atoms with E-state index < -0.39 is 0 Å². The van der Waals surface area contributed by atoms with Crippen molar-refractivity contribution in [2.24, 2.45) is 5.41 Å². The van der Waals surface area contributed by atoms with Crippen molar-refractivity contribution in [2.75, 3.05) is 6.61 Å². The Hall–Kier alpha value is -0.890. The molecule has 0 saturated heterocycles. The van der Waals surface area contributed by atoms with Crippen LogP contribution in [0.4, 0.5) is 4.39 Å². The van der Waals surface area contributed by atoms with E-state index in [4.69, 9.17) is 0 Å². The number of aliphatic hydroxyl groups is 1. The van der Waals surface area contributed by atoms with Crippen molar-refractivity contribution in [1.82, 2.24) is 0 Å². The monoisotopic (exact) mass is 210 g/mol. The summed E-state index contributed by atoms with van der Waals surface area (Å²) < 4.78 is 13.4. The molecule has 0 radical (unpaired) electrons. The Morgan fingerprint density at radius 3 is 2.27 bits per heavy atom. The Balaban J connectivity index is 2.88. The molecule has 0 spiro atoms. The zero-order valence-corrected chi connectivity index (χ0v) is 9.46. The maximum Gasteiger partial charge on any atom is 0.126 e. The van der Waals surface area contributed by atoms with Gasteiger partial charge in [-0.15, -0.1) is 0 Å². The highest BCUT2D eigenvalue weighted by molar-refractivity contribution is 5.19. The van der Waals surface area contributed by atoms with Crippen LogP contribution in [0.1, 0.15) is 32.3 Å². The zero-order valence-electron chi connectivity index (χ0n) is 9.46. The van der Waals surface area contributed by atoms with Gasteiger partial charge in [0.15, 0.2) is 0 Å². The molecule has 0 saturated carbocycles. The zero-order chi connectivity index (χ0) is 11.3. The van der Waals surface area contributed by atoms with Crippen LogP contribution in [0.5, 0.6) is 0 Å². The molecule has 1 nitrogen and oxygen atoms in total. The van der Waals surface area contributed by atoms with E-state index in [1.807, 2.05) is 19.9 Å². The quantitative estimate of drug-likeness (QED) is 0.791. The van der Waals surface area contributed by atoms with Crippen molar-refractivity contribution in [3.63, 3.8) is 0 Å². The van der Waals surface area contributed by atoms with Gasteiger partial charge in [0.2, 0.25) is 0 Å². The molecule has 0 fully saturated rings. The van der Waals surface area contributed by atoms with Crippen LogP contribution < -0.4 is 0 Å².